The summed E-state index contributed by atoms with van der Waals surface area (Å²) >= 11 is 1.61. The minimum Gasteiger partial charge on any atom is -0.362 e. The van der Waals surface area contributed by atoms with Gasteiger partial charge < -0.3 is 15.5 Å². The Morgan fingerprint density at radius 3 is 2.67 bits per heavy atom. The molecule has 0 aliphatic carbocycles. The number of hydrogen-bond acceptors (Lipinski definition) is 4. The lowest BCUT2D eigenvalue weighted by molar-refractivity contribution is -0.131. The number of nitrogens with one attached hydrogen (secondary N) is 2. The molecule has 0 saturated carbocycles. The molecule has 1 spiro atoms. The molecule has 0 radical (unpaired) electrons. The summed E-state index contributed by atoms with van der Waals surface area (Å²) in [7, 11) is 0. The molecule has 0 unspecified atom stereocenters. The van der Waals surface area contributed by atoms with Crippen LogP contribution in [0.15, 0.2) is 41.8 Å². The van der Waals surface area contributed by atoms with E-state index in [2.05, 4.69) is 10.6 Å². The molecule has 5 nitrogen and oxygen atoms in total. The molecule has 0 bridgehead atoms. The van der Waals surface area contributed by atoms with Gasteiger partial charge in [-0.15, -0.1) is 11.3 Å². The van der Waals surface area contributed by atoms with Crippen molar-refractivity contribution in [2.24, 2.45) is 0 Å². The second-order valence-corrected chi connectivity index (χ2v) is 7.38. The van der Waals surface area contributed by atoms with Crippen LogP contribution in [-0.2, 0) is 11.2 Å². The number of carbonyl (C=O) groups is 2. The van der Waals surface area contributed by atoms with Gasteiger partial charge in [-0.3, -0.25) is 9.59 Å². The maximum atomic E-state index is 12.4. The molecule has 6 heteroatoms. The van der Waals surface area contributed by atoms with Gasteiger partial charge in [0.2, 0.25) is 5.91 Å². The Morgan fingerprint density at radius 1 is 1.12 bits per heavy atom. The Kier molecular flexibility index (Phi) is 3.76. The van der Waals surface area contributed by atoms with Crippen LogP contribution in [0.4, 0.5) is 5.69 Å². The summed E-state index contributed by atoms with van der Waals surface area (Å²) in [6.45, 7) is 1.30. The molecular weight excluding hydrogens is 322 g/mol. The van der Waals surface area contributed by atoms with Crippen molar-refractivity contribution in [3.8, 4) is 0 Å². The van der Waals surface area contributed by atoms with Crippen LogP contribution in [0.2, 0.25) is 0 Å². The first-order valence-corrected chi connectivity index (χ1v) is 9.03. The van der Waals surface area contributed by atoms with Gasteiger partial charge in [-0.2, -0.15) is 0 Å². The number of para-hydroxylation sites is 1. The number of carbonyl (C=O) groups excluding carboxylic acids is 2. The number of amides is 2. The van der Waals surface area contributed by atoms with Crippen LogP contribution in [0.1, 0.15) is 28.1 Å². The quantitative estimate of drug-likeness (QED) is 0.882. The van der Waals surface area contributed by atoms with Gasteiger partial charge in [0.25, 0.3) is 5.91 Å². The molecule has 1 aromatic heterocycles. The number of benzene rings is 1. The van der Waals surface area contributed by atoms with Crippen molar-refractivity contribution in [3.05, 3.63) is 52.2 Å². The van der Waals surface area contributed by atoms with Crippen LogP contribution in [0.5, 0.6) is 0 Å². The van der Waals surface area contributed by atoms with E-state index in [-0.39, 0.29) is 11.8 Å². The third kappa shape index (κ3) is 2.78. The molecule has 4 rings (SSSR count). The molecule has 24 heavy (non-hydrogen) atoms. The van der Waals surface area contributed by atoms with Crippen LogP contribution in [0.25, 0.3) is 0 Å². The summed E-state index contributed by atoms with van der Waals surface area (Å²) in [5, 5.41) is 8.58. The number of thiophene rings is 1. The normalized spacial score (nSPS) is 18.7. The summed E-state index contributed by atoms with van der Waals surface area (Å²) in [6, 6.07) is 11.5. The predicted molar refractivity (Wildman–Crippen MR) is 94.1 cm³/mol. The second kappa shape index (κ2) is 5.94. The SMILES string of the molecule is O=C1NC2(CCN(C(=O)Cc3cccs3)CC2)Nc2ccccc21. The third-order valence-electron chi connectivity index (χ3n) is 4.77. The van der Waals surface area contributed by atoms with Crippen LogP contribution in [0, 0.1) is 0 Å². The van der Waals surface area contributed by atoms with Gasteiger partial charge in [0.15, 0.2) is 0 Å². The van der Waals surface area contributed by atoms with E-state index < -0.39 is 5.66 Å². The molecule has 2 aliphatic rings. The largest absolute Gasteiger partial charge is 0.362 e. The highest BCUT2D eigenvalue weighted by molar-refractivity contribution is 7.10. The maximum Gasteiger partial charge on any atom is 0.255 e. The van der Waals surface area contributed by atoms with E-state index in [1.807, 2.05) is 46.7 Å². The van der Waals surface area contributed by atoms with Gasteiger partial charge in [0.05, 0.1) is 12.0 Å². The molecule has 1 aromatic carbocycles. The molecule has 1 fully saturated rings. The second-order valence-electron chi connectivity index (χ2n) is 6.34. The van der Waals surface area contributed by atoms with E-state index in [0.717, 1.165) is 10.6 Å². The number of nitrogens with zero attached hydrogens (tertiary/aromatic N) is 1. The number of fused-ring (bicyclic) bond motifs is 1. The number of piperidine rings is 1. The van der Waals surface area contributed by atoms with E-state index in [9.17, 15) is 9.59 Å². The van der Waals surface area contributed by atoms with E-state index in [1.165, 1.54) is 0 Å². The van der Waals surface area contributed by atoms with Crippen LogP contribution in [0.3, 0.4) is 0 Å². The van der Waals surface area contributed by atoms with E-state index in [4.69, 9.17) is 0 Å². The van der Waals surface area contributed by atoms with E-state index in [1.54, 1.807) is 11.3 Å². The Bertz CT molecular complexity index is 764. The monoisotopic (exact) mass is 341 g/mol. The molecule has 2 aromatic rings. The fourth-order valence-electron chi connectivity index (χ4n) is 3.43. The lowest BCUT2D eigenvalue weighted by atomic mass is 9.92. The molecule has 3 heterocycles. The van der Waals surface area contributed by atoms with Crippen molar-refractivity contribution < 1.29 is 9.59 Å². The predicted octanol–water partition coefficient (Wildman–Crippen LogP) is 2.46. The highest BCUT2D eigenvalue weighted by Crippen LogP contribution is 2.31. The average molecular weight is 341 g/mol. The zero-order chi connectivity index (χ0) is 16.6. The molecule has 0 atom stereocenters. The van der Waals surface area contributed by atoms with Crippen molar-refractivity contribution in [2.45, 2.75) is 24.9 Å². The highest BCUT2D eigenvalue weighted by atomic mass is 32.1. The van der Waals surface area contributed by atoms with Gasteiger partial charge in [-0.25, -0.2) is 0 Å². The first kappa shape index (κ1) is 15.2. The zero-order valence-electron chi connectivity index (χ0n) is 13.2. The van der Waals surface area contributed by atoms with Crippen molar-refractivity contribution in [1.82, 2.24) is 10.2 Å². The number of anilines is 1. The number of rotatable bonds is 2. The van der Waals surface area contributed by atoms with Gasteiger partial charge in [-0.1, -0.05) is 18.2 Å². The summed E-state index contributed by atoms with van der Waals surface area (Å²) in [5.41, 5.74) is 1.12. The zero-order valence-corrected chi connectivity index (χ0v) is 14.1. The lowest BCUT2D eigenvalue weighted by Crippen LogP contribution is -2.62. The van der Waals surface area contributed by atoms with Gasteiger partial charge in [-0.05, 0) is 23.6 Å². The number of likely N-dealkylation sites (tertiary alicyclic amines) is 1. The van der Waals surface area contributed by atoms with Crippen molar-refractivity contribution >= 4 is 28.8 Å². The van der Waals surface area contributed by atoms with Gasteiger partial charge in [0.1, 0.15) is 5.66 Å². The highest BCUT2D eigenvalue weighted by Gasteiger charge is 2.40. The number of hydrogen-bond donors (Lipinski definition) is 2. The Morgan fingerprint density at radius 2 is 1.92 bits per heavy atom. The van der Waals surface area contributed by atoms with E-state index in [0.29, 0.717) is 37.9 Å². The molecule has 2 amide bonds. The van der Waals surface area contributed by atoms with Gasteiger partial charge >= 0.3 is 0 Å². The molecule has 2 N–H and O–H groups in total. The Balaban J connectivity index is 1.43. The molecular formula is C18H19N3O2S. The Labute approximate surface area is 144 Å². The summed E-state index contributed by atoms with van der Waals surface area (Å²) in [6.07, 6.45) is 1.89. The fraction of sp³-hybridized carbons (Fsp3) is 0.333. The molecule has 124 valence electrons. The summed E-state index contributed by atoms with van der Waals surface area (Å²) in [4.78, 5) is 27.8. The minimum absolute atomic E-state index is 0.0392. The van der Waals surface area contributed by atoms with Crippen LogP contribution >= 0.6 is 11.3 Å². The van der Waals surface area contributed by atoms with Gasteiger partial charge in [0, 0.05) is 36.5 Å². The maximum absolute atomic E-state index is 12.4. The smallest absolute Gasteiger partial charge is 0.255 e. The first-order valence-electron chi connectivity index (χ1n) is 8.15. The van der Waals surface area contributed by atoms with Crippen molar-refractivity contribution in [1.29, 1.82) is 0 Å². The summed E-state index contributed by atoms with van der Waals surface area (Å²) in [5.74, 6) is 0.123. The standard InChI is InChI=1S/C18H19N3O2S/c22-16(12-13-4-3-11-24-13)21-9-7-18(8-10-21)19-15-6-2-1-5-14(15)17(23)20-18/h1-6,11,19H,7-10,12H2,(H,20,23). The van der Waals surface area contributed by atoms with E-state index >= 15 is 0 Å². The molecule has 1 saturated heterocycles. The summed E-state index contributed by atoms with van der Waals surface area (Å²) < 4.78 is 0. The molecule has 2 aliphatic heterocycles. The third-order valence-corrected chi connectivity index (χ3v) is 5.65. The fourth-order valence-corrected chi connectivity index (χ4v) is 4.12. The van der Waals surface area contributed by atoms with Crippen molar-refractivity contribution in [3.63, 3.8) is 0 Å². The topological polar surface area (TPSA) is 61.4 Å². The van der Waals surface area contributed by atoms with Crippen molar-refractivity contribution in [2.75, 3.05) is 18.4 Å². The average Bonchev–Trinajstić information content (AvgIpc) is 3.08. The van der Waals surface area contributed by atoms with Crippen LogP contribution in [-0.4, -0.2) is 35.5 Å². The first-order chi connectivity index (χ1) is 11.7. The Hall–Kier alpha value is -2.34. The van der Waals surface area contributed by atoms with Crippen LogP contribution < -0.4 is 10.6 Å². The lowest BCUT2D eigenvalue weighted by Gasteiger charge is -2.45. The minimum atomic E-state index is -0.439.